The standard InChI is InChI=1S/C12H15N5O2S/c1-7-11(20-17-14-7)12(18)13-10-6-9(15-16-10)8-2-4-19-5-3-8/h6,8H,2-5H2,1H3,(H2,13,15,16,18). The van der Waals surface area contributed by atoms with E-state index in [-0.39, 0.29) is 5.91 Å². The molecule has 1 saturated heterocycles. The van der Waals surface area contributed by atoms with Gasteiger partial charge < -0.3 is 10.1 Å². The van der Waals surface area contributed by atoms with Crippen LogP contribution in [0.2, 0.25) is 0 Å². The Morgan fingerprint density at radius 3 is 3.00 bits per heavy atom. The lowest BCUT2D eigenvalue weighted by atomic mass is 9.97. The molecule has 3 rings (SSSR count). The number of aryl methyl sites for hydroxylation is 1. The van der Waals surface area contributed by atoms with Crippen LogP contribution in [-0.4, -0.2) is 38.9 Å². The molecule has 7 nitrogen and oxygen atoms in total. The first-order valence-electron chi connectivity index (χ1n) is 6.47. The summed E-state index contributed by atoms with van der Waals surface area (Å²) in [5, 5.41) is 13.7. The molecule has 0 radical (unpaired) electrons. The summed E-state index contributed by atoms with van der Waals surface area (Å²) < 4.78 is 9.09. The molecule has 8 heteroatoms. The van der Waals surface area contributed by atoms with Crippen molar-refractivity contribution in [3.63, 3.8) is 0 Å². The number of rotatable bonds is 3. The lowest BCUT2D eigenvalue weighted by Gasteiger charge is -2.20. The number of H-pyrrole nitrogens is 1. The average molecular weight is 293 g/mol. The Labute approximate surface area is 119 Å². The number of ether oxygens (including phenoxy) is 1. The number of carbonyl (C=O) groups excluding carboxylic acids is 1. The molecular formula is C12H15N5O2S. The first-order valence-corrected chi connectivity index (χ1v) is 7.24. The van der Waals surface area contributed by atoms with Crippen LogP contribution in [0.15, 0.2) is 6.07 Å². The van der Waals surface area contributed by atoms with E-state index in [1.54, 1.807) is 6.92 Å². The summed E-state index contributed by atoms with van der Waals surface area (Å²) in [6.07, 6.45) is 1.96. The van der Waals surface area contributed by atoms with Gasteiger partial charge in [-0.15, -0.1) is 5.10 Å². The quantitative estimate of drug-likeness (QED) is 0.898. The van der Waals surface area contributed by atoms with E-state index in [0.29, 0.717) is 22.3 Å². The molecule has 0 unspecified atom stereocenters. The largest absolute Gasteiger partial charge is 0.381 e. The van der Waals surface area contributed by atoms with E-state index in [1.807, 2.05) is 6.07 Å². The number of nitrogens with zero attached hydrogens (tertiary/aromatic N) is 3. The summed E-state index contributed by atoms with van der Waals surface area (Å²) >= 11 is 1.08. The highest BCUT2D eigenvalue weighted by Crippen LogP contribution is 2.26. The molecule has 1 fully saturated rings. The summed E-state index contributed by atoms with van der Waals surface area (Å²) in [6.45, 7) is 3.31. The third kappa shape index (κ3) is 2.70. The van der Waals surface area contributed by atoms with E-state index in [2.05, 4.69) is 25.1 Å². The van der Waals surface area contributed by atoms with Crippen molar-refractivity contribution in [2.45, 2.75) is 25.7 Å². The van der Waals surface area contributed by atoms with Crippen molar-refractivity contribution in [2.24, 2.45) is 0 Å². The van der Waals surface area contributed by atoms with Gasteiger partial charge in [0.2, 0.25) is 0 Å². The topological polar surface area (TPSA) is 92.8 Å². The molecule has 2 aromatic rings. The van der Waals surface area contributed by atoms with Crippen molar-refractivity contribution >= 4 is 23.3 Å². The third-order valence-electron chi connectivity index (χ3n) is 3.36. The van der Waals surface area contributed by atoms with Crippen molar-refractivity contribution in [3.8, 4) is 0 Å². The molecule has 1 aliphatic heterocycles. The molecule has 20 heavy (non-hydrogen) atoms. The van der Waals surface area contributed by atoms with Gasteiger partial charge in [0.25, 0.3) is 5.91 Å². The zero-order valence-electron chi connectivity index (χ0n) is 11.0. The fraction of sp³-hybridized carbons (Fsp3) is 0.500. The van der Waals surface area contributed by atoms with Crippen LogP contribution in [0.1, 0.15) is 39.8 Å². The fourth-order valence-corrected chi connectivity index (χ4v) is 2.78. The first-order chi connectivity index (χ1) is 9.74. The third-order valence-corrected chi connectivity index (χ3v) is 4.18. The summed E-state index contributed by atoms with van der Waals surface area (Å²) in [7, 11) is 0. The number of anilines is 1. The van der Waals surface area contributed by atoms with Crippen LogP contribution < -0.4 is 5.32 Å². The molecule has 106 valence electrons. The van der Waals surface area contributed by atoms with Gasteiger partial charge in [0, 0.05) is 30.9 Å². The predicted molar refractivity (Wildman–Crippen MR) is 74.0 cm³/mol. The number of aromatic nitrogens is 4. The summed E-state index contributed by atoms with van der Waals surface area (Å²) in [4.78, 5) is 12.5. The van der Waals surface area contributed by atoms with E-state index < -0.39 is 0 Å². The van der Waals surface area contributed by atoms with E-state index in [1.165, 1.54) is 0 Å². The predicted octanol–water partition coefficient (Wildman–Crippen LogP) is 1.72. The molecule has 0 spiro atoms. The number of hydrogen-bond donors (Lipinski definition) is 2. The van der Waals surface area contributed by atoms with Crippen LogP contribution in [0, 0.1) is 6.92 Å². The normalized spacial score (nSPS) is 16.2. The second-order valence-electron chi connectivity index (χ2n) is 4.74. The van der Waals surface area contributed by atoms with Gasteiger partial charge in [-0.05, 0) is 31.3 Å². The van der Waals surface area contributed by atoms with Crippen LogP contribution in [0.3, 0.4) is 0 Å². The molecule has 1 amide bonds. The highest BCUT2D eigenvalue weighted by atomic mass is 32.1. The van der Waals surface area contributed by atoms with Crippen molar-refractivity contribution in [1.29, 1.82) is 0 Å². The second kappa shape index (κ2) is 5.68. The monoisotopic (exact) mass is 293 g/mol. The van der Waals surface area contributed by atoms with Crippen LogP contribution in [0.25, 0.3) is 0 Å². The van der Waals surface area contributed by atoms with E-state index in [0.717, 1.165) is 43.3 Å². The summed E-state index contributed by atoms with van der Waals surface area (Å²) in [6, 6.07) is 1.89. The maximum absolute atomic E-state index is 12.0. The Morgan fingerprint density at radius 1 is 1.50 bits per heavy atom. The SMILES string of the molecule is Cc1nnsc1C(=O)Nc1cc(C2CCOCC2)[nH]n1. The summed E-state index contributed by atoms with van der Waals surface area (Å²) in [5.74, 6) is 0.737. The van der Waals surface area contributed by atoms with E-state index >= 15 is 0 Å². The first kappa shape index (κ1) is 13.2. The zero-order valence-corrected chi connectivity index (χ0v) is 11.9. The average Bonchev–Trinajstić information content (AvgIpc) is 3.09. The minimum absolute atomic E-state index is 0.220. The highest BCUT2D eigenvalue weighted by Gasteiger charge is 2.19. The van der Waals surface area contributed by atoms with Crippen molar-refractivity contribution < 1.29 is 9.53 Å². The van der Waals surface area contributed by atoms with Crippen molar-refractivity contribution in [2.75, 3.05) is 18.5 Å². The number of nitrogens with one attached hydrogen (secondary N) is 2. The molecule has 0 atom stereocenters. The van der Waals surface area contributed by atoms with Gasteiger partial charge in [0.15, 0.2) is 5.82 Å². The van der Waals surface area contributed by atoms with Crippen LogP contribution in [0.4, 0.5) is 5.82 Å². The van der Waals surface area contributed by atoms with Gasteiger partial charge in [0.05, 0.1) is 5.69 Å². The fourth-order valence-electron chi connectivity index (χ4n) is 2.23. The van der Waals surface area contributed by atoms with Gasteiger partial charge in [-0.2, -0.15) is 5.10 Å². The second-order valence-corrected chi connectivity index (χ2v) is 5.49. The minimum Gasteiger partial charge on any atom is -0.381 e. The van der Waals surface area contributed by atoms with Gasteiger partial charge in [-0.25, -0.2) is 0 Å². The van der Waals surface area contributed by atoms with E-state index in [9.17, 15) is 4.79 Å². The van der Waals surface area contributed by atoms with Crippen LogP contribution in [0.5, 0.6) is 0 Å². The molecule has 0 aliphatic carbocycles. The smallest absolute Gasteiger partial charge is 0.270 e. The maximum Gasteiger partial charge on any atom is 0.270 e. The van der Waals surface area contributed by atoms with Crippen molar-refractivity contribution in [1.82, 2.24) is 19.8 Å². The lowest BCUT2D eigenvalue weighted by molar-refractivity contribution is 0.0845. The Morgan fingerprint density at radius 2 is 2.30 bits per heavy atom. The van der Waals surface area contributed by atoms with Crippen molar-refractivity contribution in [3.05, 3.63) is 22.3 Å². The Kier molecular flexibility index (Phi) is 3.75. The molecule has 0 bridgehead atoms. The van der Waals surface area contributed by atoms with E-state index in [4.69, 9.17) is 4.74 Å². The Balaban J connectivity index is 1.68. The minimum atomic E-state index is -0.220. The summed E-state index contributed by atoms with van der Waals surface area (Å²) in [5.41, 5.74) is 1.68. The maximum atomic E-state index is 12.0. The Bertz CT molecular complexity index is 603. The Hall–Kier alpha value is -1.80. The van der Waals surface area contributed by atoms with Crippen LogP contribution >= 0.6 is 11.5 Å². The number of carbonyl (C=O) groups is 1. The van der Waals surface area contributed by atoms with Gasteiger partial charge in [-0.3, -0.25) is 9.89 Å². The number of hydrogen-bond acceptors (Lipinski definition) is 6. The molecular weight excluding hydrogens is 278 g/mol. The molecule has 0 saturated carbocycles. The molecule has 2 N–H and O–H groups in total. The lowest BCUT2D eigenvalue weighted by Crippen LogP contribution is -2.14. The molecule has 3 heterocycles. The van der Waals surface area contributed by atoms with Gasteiger partial charge >= 0.3 is 0 Å². The molecule has 0 aromatic carbocycles. The van der Waals surface area contributed by atoms with Gasteiger partial charge in [-0.1, -0.05) is 4.49 Å². The van der Waals surface area contributed by atoms with Crippen LogP contribution in [-0.2, 0) is 4.74 Å². The highest BCUT2D eigenvalue weighted by molar-refractivity contribution is 7.08. The molecule has 1 aliphatic rings. The number of amides is 1. The zero-order chi connectivity index (χ0) is 13.9. The molecule has 2 aromatic heterocycles. The number of aromatic amines is 1. The van der Waals surface area contributed by atoms with Gasteiger partial charge in [0.1, 0.15) is 4.88 Å².